The molecular weight excluding hydrogens is 473 g/mol. The van der Waals surface area contributed by atoms with E-state index in [0.717, 1.165) is 29.2 Å². The van der Waals surface area contributed by atoms with Crippen LogP contribution in [0.25, 0.3) is 0 Å². The number of aliphatic imine (C=N–C) groups is 1. The van der Waals surface area contributed by atoms with Crippen LogP contribution in [-0.2, 0) is 13.0 Å². The normalized spacial score (nSPS) is 11.5. The van der Waals surface area contributed by atoms with E-state index in [9.17, 15) is 0 Å². The zero-order chi connectivity index (χ0) is 17.5. The van der Waals surface area contributed by atoms with Crippen LogP contribution in [0.5, 0.6) is 0 Å². The first-order valence-corrected chi connectivity index (χ1v) is 9.25. The summed E-state index contributed by atoms with van der Waals surface area (Å²) in [4.78, 5) is 12.3. The van der Waals surface area contributed by atoms with E-state index in [1.165, 1.54) is 4.88 Å². The summed E-state index contributed by atoms with van der Waals surface area (Å²) >= 11 is 7.58. The number of nitrogens with one attached hydrogen (secondary N) is 1. The lowest BCUT2D eigenvalue weighted by molar-refractivity contribution is 0.372. The maximum atomic E-state index is 5.99. The van der Waals surface area contributed by atoms with Gasteiger partial charge < -0.3 is 14.7 Å². The minimum Gasteiger partial charge on any atom is -0.357 e. The largest absolute Gasteiger partial charge is 0.357 e. The molecule has 140 valence electrons. The van der Waals surface area contributed by atoms with Gasteiger partial charge in [0.05, 0.1) is 17.4 Å². The monoisotopic (exact) mass is 497 g/mol. The molecule has 0 spiro atoms. The molecule has 0 fully saturated rings. The van der Waals surface area contributed by atoms with Gasteiger partial charge in [-0.3, -0.25) is 4.99 Å². The highest BCUT2D eigenvalue weighted by Crippen LogP contribution is 2.22. The predicted octanol–water partition coefficient (Wildman–Crippen LogP) is 4.17. The van der Waals surface area contributed by atoms with Crippen molar-refractivity contribution in [3.05, 3.63) is 33.1 Å². The van der Waals surface area contributed by atoms with Gasteiger partial charge in [-0.05, 0) is 19.1 Å². The van der Waals surface area contributed by atoms with E-state index in [0.29, 0.717) is 18.9 Å². The number of nitrogens with zero attached hydrogens (tertiary/aromatic N) is 4. The Hall–Kier alpha value is -0.870. The van der Waals surface area contributed by atoms with Crippen LogP contribution in [0.4, 0.5) is 0 Å². The molecule has 25 heavy (non-hydrogen) atoms. The van der Waals surface area contributed by atoms with E-state index < -0.39 is 0 Å². The average Bonchev–Trinajstić information content (AvgIpc) is 3.15. The number of aromatic nitrogens is 2. The minimum atomic E-state index is 0. The number of hydrogen-bond acceptors (Lipinski definition) is 5. The Kier molecular flexibility index (Phi) is 9.73. The molecule has 0 saturated carbocycles. The molecular formula is C16H25ClIN5OS. The van der Waals surface area contributed by atoms with Crippen LogP contribution < -0.4 is 5.32 Å². The molecule has 0 aliphatic heterocycles. The smallest absolute Gasteiger partial charge is 0.228 e. The standard InChI is InChI=1S/C16H24ClN5OS.HI/c1-5-18-16(22(4)10-12-6-7-13(17)24-12)19-9-8-14-20-15(11(2)3)21-23-14;/h6-7,11H,5,8-10H2,1-4H3,(H,18,19);1H. The van der Waals surface area contributed by atoms with Crippen LogP contribution in [0.3, 0.4) is 0 Å². The summed E-state index contributed by atoms with van der Waals surface area (Å²) < 4.78 is 6.05. The van der Waals surface area contributed by atoms with Crippen molar-refractivity contribution in [3.8, 4) is 0 Å². The van der Waals surface area contributed by atoms with Crippen molar-refractivity contribution >= 4 is 52.9 Å². The highest BCUT2D eigenvalue weighted by atomic mass is 127. The molecule has 1 N–H and O–H groups in total. The second-order valence-corrected chi connectivity index (χ2v) is 7.55. The van der Waals surface area contributed by atoms with E-state index >= 15 is 0 Å². The third-order valence-corrected chi connectivity index (χ3v) is 4.52. The topological polar surface area (TPSA) is 66.5 Å². The molecule has 6 nitrogen and oxygen atoms in total. The summed E-state index contributed by atoms with van der Waals surface area (Å²) in [7, 11) is 2.01. The van der Waals surface area contributed by atoms with Gasteiger partial charge in [0.15, 0.2) is 11.8 Å². The molecule has 0 unspecified atom stereocenters. The third kappa shape index (κ3) is 7.10. The fourth-order valence-corrected chi connectivity index (χ4v) is 3.22. The van der Waals surface area contributed by atoms with Gasteiger partial charge in [0, 0.05) is 30.8 Å². The fourth-order valence-electron chi connectivity index (χ4n) is 2.08. The zero-order valence-electron chi connectivity index (χ0n) is 15.0. The van der Waals surface area contributed by atoms with E-state index in [-0.39, 0.29) is 29.9 Å². The molecule has 0 saturated heterocycles. The quantitative estimate of drug-likeness (QED) is 0.353. The van der Waals surface area contributed by atoms with Gasteiger partial charge in [-0.2, -0.15) is 4.98 Å². The summed E-state index contributed by atoms with van der Waals surface area (Å²) in [6.07, 6.45) is 0.632. The van der Waals surface area contributed by atoms with Crippen LogP contribution >= 0.6 is 46.9 Å². The number of rotatable bonds is 7. The van der Waals surface area contributed by atoms with Crippen molar-refractivity contribution in [2.45, 2.75) is 39.7 Å². The lowest BCUT2D eigenvalue weighted by Crippen LogP contribution is -2.38. The summed E-state index contributed by atoms with van der Waals surface area (Å²) in [5.41, 5.74) is 0. The first-order valence-electron chi connectivity index (χ1n) is 8.05. The van der Waals surface area contributed by atoms with Crippen molar-refractivity contribution in [1.29, 1.82) is 0 Å². The van der Waals surface area contributed by atoms with E-state index in [1.807, 2.05) is 33.0 Å². The lowest BCUT2D eigenvalue weighted by Gasteiger charge is -2.21. The number of thiophene rings is 1. The van der Waals surface area contributed by atoms with Crippen LogP contribution in [0.2, 0.25) is 4.34 Å². The Morgan fingerprint density at radius 1 is 1.44 bits per heavy atom. The van der Waals surface area contributed by atoms with E-state index in [2.05, 4.69) is 32.3 Å². The molecule has 0 atom stereocenters. The van der Waals surface area contributed by atoms with Gasteiger partial charge in [0.25, 0.3) is 0 Å². The number of hydrogen-bond donors (Lipinski definition) is 1. The van der Waals surface area contributed by atoms with Crippen LogP contribution in [0, 0.1) is 0 Å². The molecule has 0 aliphatic rings. The molecule has 0 aromatic carbocycles. The van der Waals surface area contributed by atoms with Crippen molar-refractivity contribution in [3.63, 3.8) is 0 Å². The maximum Gasteiger partial charge on any atom is 0.228 e. The molecule has 0 radical (unpaired) electrons. The average molecular weight is 498 g/mol. The van der Waals surface area contributed by atoms with Gasteiger partial charge in [-0.1, -0.05) is 30.6 Å². The molecule has 0 amide bonds. The first kappa shape index (κ1) is 22.2. The molecule has 2 aromatic heterocycles. The third-order valence-electron chi connectivity index (χ3n) is 3.31. The Balaban J connectivity index is 0.00000312. The zero-order valence-corrected chi connectivity index (χ0v) is 18.9. The van der Waals surface area contributed by atoms with Crippen molar-refractivity contribution in [2.75, 3.05) is 20.1 Å². The Bertz CT molecular complexity index is 673. The Morgan fingerprint density at radius 2 is 2.20 bits per heavy atom. The predicted molar refractivity (Wildman–Crippen MR) is 114 cm³/mol. The van der Waals surface area contributed by atoms with Crippen molar-refractivity contribution in [1.82, 2.24) is 20.4 Å². The van der Waals surface area contributed by atoms with E-state index in [4.69, 9.17) is 16.1 Å². The summed E-state index contributed by atoms with van der Waals surface area (Å²) in [6, 6.07) is 3.96. The van der Waals surface area contributed by atoms with Crippen molar-refractivity contribution < 1.29 is 4.52 Å². The van der Waals surface area contributed by atoms with Gasteiger partial charge in [-0.25, -0.2) is 0 Å². The molecule has 2 rings (SSSR count). The molecule has 9 heteroatoms. The molecule has 0 bridgehead atoms. The first-order chi connectivity index (χ1) is 11.5. The van der Waals surface area contributed by atoms with Crippen LogP contribution in [-0.4, -0.2) is 41.1 Å². The fraction of sp³-hybridized carbons (Fsp3) is 0.562. The Morgan fingerprint density at radius 3 is 2.76 bits per heavy atom. The Labute approximate surface area is 175 Å². The summed E-state index contributed by atoms with van der Waals surface area (Å²) in [5.74, 6) is 2.50. The second-order valence-electron chi connectivity index (χ2n) is 5.75. The lowest BCUT2D eigenvalue weighted by atomic mass is 10.2. The molecule has 0 aliphatic carbocycles. The second kappa shape index (κ2) is 11.0. The molecule has 2 heterocycles. The maximum absolute atomic E-state index is 5.99. The van der Waals surface area contributed by atoms with E-state index in [1.54, 1.807) is 11.3 Å². The van der Waals surface area contributed by atoms with Crippen LogP contribution in [0.15, 0.2) is 21.6 Å². The summed E-state index contributed by atoms with van der Waals surface area (Å²) in [6.45, 7) is 8.31. The number of guanidine groups is 1. The minimum absolute atomic E-state index is 0. The van der Waals surface area contributed by atoms with Gasteiger partial charge in [-0.15, -0.1) is 35.3 Å². The highest BCUT2D eigenvalue weighted by Gasteiger charge is 2.11. The molecule has 2 aromatic rings. The van der Waals surface area contributed by atoms with Gasteiger partial charge >= 0.3 is 0 Å². The van der Waals surface area contributed by atoms with Gasteiger partial charge in [0.1, 0.15) is 0 Å². The van der Waals surface area contributed by atoms with Crippen molar-refractivity contribution in [2.24, 2.45) is 4.99 Å². The number of halogens is 2. The van der Waals surface area contributed by atoms with Gasteiger partial charge in [0.2, 0.25) is 5.89 Å². The highest BCUT2D eigenvalue weighted by molar-refractivity contribution is 14.0. The summed E-state index contributed by atoms with van der Waals surface area (Å²) in [5, 5.41) is 7.27. The SMILES string of the molecule is CCNC(=NCCc1nc(C(C)C)no1)N(C)Cc1ccc(Cl)s1.I. The van der Waals surface area contributed by atoms with Crippen LogP contribution in [0.1, 0.15) is 43.3 Å².